The Labute approximate surface area is 237 Å². The number of nitrogens with one attached hydrogen (secondary N) is 2. The number of esters is 1. The molecule has 0 spiro atoms. The molecule has 3 heterocycles. The summed E-state index contributed by atoms with van der Waals surface area (Å²) < 4.78 is 50.9. The van der Waals surface area contributed by atoms with E-state index in [-0.39, 0.29) is 35.4 Å². The molecule has 0 atom stereocenters. The zero-order valence-corrected chi connectivity index (χ0v) is 23.5. The van der Waals surface area contributed by atoms with E-state index in [0.717, 1.165) is 30.8 Å². The largest absolute Gasteiger partial charge is 0.461 e. The highest BCUT2D eigenvalue weighted by atomic mass is 19.4. The first-order valence-corrected chi connectivity index (χ1v) is 13.5. The predicted octanol–water partition coefficient (Wildman–Crippen LogP) is 6.72. The highest BCUT2D eigenvalue weighted by Crippen LogP contribution is 2.35. The van der Waals surface area contributed by atoms with Crippen molar-refractivity contribution in [3.05, 3.63) is 65.5 Å². The lowest BCUT2D eigenvalue weighted by atomic mass is 9.92. The number of carbonyl (C=O) groups is 1. The number of pyridine rings is 2. The molecular weight excluding hydrogens is 535 g/mol. The molecule has 1 aliphatic heterocycles. The molecule has 0 unspecified atom stereocenters. The molecule has 0 aliphatic carbocycles. The molecule has 0 bridgehead atoms. The first-order chi connectivity index (χ1) is 19.5. The molecule has 0 saturated carbocycles. The van der Waals surface area contributed by atoms with Gasteiger partial charge in [0.25, 0.3) is 0 Å². The van der Waals surface area contributed by atoms with Gasteiger partial charge in [0, 0.05) is 55.0 Å². The van der Waals surface area contributed by atoms with Gasteiger partial charge < -0.3 is 25.1 Å². The number of aromatic nitrogens is 2. The van der Waals surface area contributed by atoms with Gasteiger partial charge in [-0.3, -0.25) is 0 Å². The van der Waals surface area contributed by atoms with Crippen molar-refractivity contribution in [3.8, 4) is 11.1 Å². The fourth-order valence-electron chi connectivity index (χ4n) is 4.66. The molecule has 0 radical (unpaired) electrons. The van der Waals surface area contributed by atoms with Crippen molar-refractivity contribution in [3.63, 3.8) is 0 Å². The maximum atomic E-state index is 13.4. The van der Waals surface area contributed by atoms with E-state index in [1.54, 1.807) is 19.2 Å². The third kappa shape index (κ3) is 7.02. The lowest BCUT2D eigenvalue weighted by molar-refractivity contribution is -0.137. The van der Waals surface area contributed by atoms with Gasteiger partial charge in [-0.2, -0.15) is 13.2 Å². The Hall–Kier alpha value is -3.99. The minimum absolute atomic E-state index is 0.0416. The Morgan fingerprint density at radius 3 is 2.54 bits per heavy atom. The molecule has 2 N–H and O–H groups in total. The molecule has 1 saturated heterocycles. The molecule has 4 rings (SSSR count). The summed E-state index contributed by atoms with van der Waals surface area (Å²) in [5.41, 5.74) is 0.902. The Bertz CT molecular complexity index is 1390. The second-order valence-electron chi connectivity index (χ2n) is 10.1. The van der Waals surface area contributed by atoms with Crippen LogP contribution in [0.15, 0.2) is 48.7 Å². The Kier molecular flexibility index (Phi) is 9.27. The third-order valence-corrected chi connectivity index (χ3v) is 6.96. The fourth-order valence-corrected chi connectivity index (χ4v) is 4.66. The van der Waals surface area contributed by atoms with Crippen molar-refractivity contribution >= 4 is 29.0 Å². The van der Waals surface area contributed by atoms with Crippen LogP contribution in [-0.4, -0.2) is 54.6 Å². The monoisotopic (exact) mass is 569 g/mol. The fraction of sp³-hybridized carbons (Fsp3) is 0.400. The summed E-state index contributed by atoms with van der Waals surface area (Å²) in [6, 6.07) is 10.3. The van der Waals surface area contributed by atoms with Gasteiger partial charge in [0.2, 0.25) is 0 Å². The molecule has 3 aromatic rings. The van der Waals surface area contributed by atoms with Crippen LogP contribution in [0.3, 0.4) is 0 Å². The molecule has 1 aromatic carbocycles. The molecule has 1 aliphatic rings. The summed E-state index contributed by atoms with van der Waals surface area (Å²) in [4.78, 5) is 24.0. The summed E-state index contributed by atoms with van der Waals surface area (Å²) in [5.74, 6) is -0.0969. The molecular formula is C30H34F3N5O3. The Morgan fingerprint density at radius 1 is 1.20 bits per heavy atom. The maximum Gasteiger partial charge on any atom is 0.416 e. The van der Waals surface area contributed by atoms with Crippen LogP contribution in [0, 0.1) is 11.3 Å². The quantitative estimate of drug-likeness (QED) is 0.218. The summed E-state index contributed by atoms with van der Waals surface area (Å²) in [6.45, 7) is 6.85. The van der Waals surface area contributed by atoms with Crippen LogP contribution in [0.5, 0.6) is 0 Å². The zero-order chi connectivity index (χ0) is 29.7. The van der Waals surface area contributed by atoms with Crippen LogP contribution in [-0.2, 0) is 15.7 Å². The third-order valence-electron chi connectivity index (χ3n) is 6.96. The molecule has 11 heteroatoms. The first-order valence-electron chi connectivity index (χ1n) is 13.5. The highest BCUT2D eigenvalue weighted by Gasteiger charge is 2.31. The van der Waals surface area contributed by atoms with Gasteiger partial charge in [-0.05, 0) is 67.6 Å². The van der Waals surface area contributed by atoms with Crippen molar-refractivity contribution in [1.82, 2.24) is 9.97 Å². The van der Waals surface area contributed by atoms with Crippen molar-refractivity contribution in [2.45, 2.75) is 45.8 Å². The van der Waals surface area contributed by atoms with Crippen molar-refractivity contribution in [1.29, 1.82) is 5.41 Å². The van der Waals surface area contributed by atoms with Crippen LogP contribution in [0.2, 0.25) is 0 Å². The van der Waals surface area contributed by atoms with Gasteiger partial charge in [-0.1, -0.05) is 19.9 Å². The summed E-state index contributed by atoms with van der Waals surface area (Å²) in [6.07, 6.45) is -1.08. The van der Waals surface area contributed by atoms with Gasteiger partial charge in [0.15, 0.2) is 5.69 Å². The number of benzene rings is 1. The van der Waals surface area contributed by atoms with Gasteiger partial charge >= 0.3 is 12.1 Å². The van der Waals surface area contributed by atoms with E-state index in [4.69, 9.17) is 14.9 Å². The second-order valence-corrected chi connectivity index (χ2v) is 10.1. The van der Waals surface area contributed by atoms with Crippen molar-refractivity contribution in [2.75, 3.05) is 37.1 Å². The van der Waals surface area contributed by atoms with Crippen molar-refractivity contribution in [2.24, 2.45) is 5.92 Å². The number of anilines is 3. The number of ether oxygens (including phenoxy) is 2. The minimum Gasteiger partial charge on any atom is -0.461 e. The molecule has 41 heavy (non-hydrogen) atoms. The van der Waals surface area contributed by atoms with Crippen LogP contribution in [0.1, 0.15) is 55.2 Å². The zero-order valence-electron chi connectivity index (χ0n) is 23.5. The number of carbonyl (C=O) groups excluding carboxylic acids is 1. The SMILES string of the molecule is CCOC(=O)c1cc(-c2ccc(N(C)C3CCOCC3)nc2)c(C(=N)C(C)C)c(Nc2cccc(C(F)(F)F)c2)n1. The Morgan fingerprint density at radius 2 is 1.93 bits per heavy atom. The van der Waals surface area contributed by atoms with E-state index in [1.165, 1.54) is 12.1 Å². The van der Waals surface area contributed by atoms with Crippen molar-refractivity contribution < 1.29 is 27.4 Å². The van der Waals surface area contributed by atoms with E-state index in [1.807, 2.05) is 33.0 Å². The second kappa shape index (κ2) is 12.7. The lowest BCUT2D eigenvalue weighted by Crippen LogP contribution is -2.37. The van der Waals surface area contributed by atoms with Gasteiger partial charge in [-0.25, -0.2) is 14.8 Å². The van der Waals surface area contributed by atoms with E-state index in [0.29, 0.717) is 35.9 Å². The molecule has 0 amide bonds. The number of hydrogen-bond donors (Lipinski definition) is 2. The molecule has 2 aromatic heterocycles. The van der Waals surface area contributed by atoms with Gasteiger partial charge in [-0.15, -0.1) is 0 Å². The summed E-state index contributed by atoms with van der Waals surface area (Å²) >= 11 is 0. The molecule has 8 nitrogen and oxygen atoms in total. The van der Waals surface area contributed by atoms with Crippen LogP contribution >= 0.6 is 0 Å². The predicted molar refractivity (Wildman–Crippen MR) is 152 cm³/mol. The first kappa shape index (κ1) is 30.0. The van der Waals surface area contributed by atoms with E-state index in [2.05, 4.69) is 20.2 Å². The number of nitrogens with zero attached hydrogens (tertiary/aromatic N) is 3. The number of halogens is 3. The number of alkyl halides is 3. The van der Waals surface area contributed by atoms with Gasteiger partial charge in [0.05, 0.1) is 12.2 Å². The molecule has 218 valence electrons. The summed E-state index contributed by atoms with van der Waals surface area (Å²) in [5, 5.41) is 11.9. The molecule has 1 fully saturated rings. The van der Waals surface area contributed by atoms with Crippen LogP contribution < -0.4 is 10.2 Å². The standard InChI is InChI=1S/C30H34F3N5O3/c1-5-41-29(39)24-16-23(19-9-10-25(35-17-19)38(4)22-11-13-40-14-12-22)26(27(34)18(2)3)28(37-24)36-21-8-6-7-20(15-21)30(31,32)33/h6-10,15-18,22,34H,5,11-14H2,1-4H3,(H,36,37). The van der Waals surface area contributed by atoms with Crippen LogP contribution in [0.4, 0.5) is 30.5 Å². The minimum atomic E-state index is -4.54. The maximum absolute atomic E-state index is 13.4. The number of hydrogen-bond acceptors (Lipinski definition) is 8. The lowest BCUT2D eigenvalue weighted by Gasteiger charge is -2.32. The topological polar surface area (TPSA) is 100 Å². The van der Waals surface area contributed by atoms with E-state index in [9.17, 15) is 18.0 Å². The average molecular weight is 570 g/mol. The van der Waals surface area contributed by atoms with Crippen LogP contribution in [0.25, 0.3) is 11.1 Å². The number of rotatable bonds is 9. The van der Waals surface area contributed by atoms with Gasteiger partial charge in [0.1, 0.15) is 11.6 Å². The summed E-state index contributed by atoms with van der Waals surface area (Å²) in [7, 11) is 1.99. The Balaban J connectivity index is 1.83. The normalized spacial score (nSPS) is 14.1. The average Bonchev–Trinajstić information content (AvgIpc) is 2.96. The van der Waals surface area contributed by atoms with E-state index < -0.39 is 17.7 Å². The smallest absolute Gasteiger partial charge is 0.416 e. The van der Waals surface area contributed by atoms with E-state index >= 15 is 0 Å². The highest BCUT2D eigenvalue weighted by molar-refractivity contribution is 6.10.